The molecule has 2 rings (SSSR count). The van der Waals surface area contributed by atoms with E-state index in [2.05, 4.69) is 25.1 Å². The van der Waals surface area contributed by atoms with Crippen molar-refractivity contribution in [3.05, 3.63) is 46.3 Å². The molecular weight excluding hydrogens is 412 g/mol. The SMILES string of the molecule is O=C(NC/C=N\OCC=C(Cl)Cl)c1ccc(-c2noc(C(F)(F)F)n2)cc1. The molecule has 0 spiro atoms. The Labute approximate surface area is 160 Å². The fourth-order valence-corrected chi connectivity index (χ4v) is 1.83. The van der Waals surface area contributed by atoms with Crippen LogP contribution in [0.15, 0.2) is 44.5 Å². The maximum Gasteiger partial charge on any atom is 0.471 e. The molecule has 0 bridgehead atoms. The molecule has 1 N–H and O–H groups in total. The lowest BCUT2D eigenvalue weighted by atomic mass is 10.1. The van der Waals surface area contributed by atoms with Crippen molar-refractivity contribution in [2.75, 3.05) is 13.2 Å². The van der Waals surface area contributed by atoms with Crippen LogP contribution in [-0.4, -0.2) is 35.4 Å². The number of nitrogens with zero attached hydrogens (tertiary/aromatic N) is 3. The van der Waals surface area contributed by atoms with Gasteiger partial charge in [-0.1, -0.05) is 45.6 Å². The molecular formula is C15H11Cl2F3N4O3. The van der Waals surface area contributed by atoms with Crippen LogP contribution in [0.2, 0.25) is 0 Å². The van der Waals surface area contributed by atoms with E-state index in [1.165, 1.54) is 36.6 Å². The standard InChI is InChI=1S/C15H11Cl2F3N4O3/c16-11(17)5-8-26-22-7-6-21-13(25)10-3-1-9(2-4-10)12-23-14(27-24-12)15(18,19)20/h1-5,7H,6,8H2,(H,21,25)/b22-7-. The second-order valence-corrected chi connectivity index (χ2v) is 5.79. The van der Waals surface area contributed by atoms with Crippen LogP contribution in [0.25, 0.3) is 11.4 Å². The van der Waals surface area contributed by atoms with Crippen molar-refractivity contribution < 1.29 is 27.3 Å². The lowest BCUT2D eigenvalue weighted by Gasteiger charge is -2.02. The van der Waals surface area contributed by atoms with Gasteiger partial charge in [0.15, 0.2) is 0 Å². The third-order valence-electron chi connectivity index (χ3n) is 2.89. The summed E-state index contributed by atoms with van der Waals surface area (Å²) in [6, 6.07) is 5.63. The maximum absolute atomic E-state index is 12.5. The van der Waals surface area contributed by atoms with Crippen molar-refractivity contribution in [2.24, 2.45) is 5.16 Å². The monoisotopic (exact) mass is 422 g/mol. The van der Waals surface area contributed by atoms with Crippen molar-refractivity contribution in [2.45, 2.75) is 6.18 Å². The van der Waals surface area contributed by atoms with Gasteiger partial charge < -0.3 is 14.7 Å². The molecule has 2 aromatic rings. The van der Waals surface area contributed by atoms with Crippen molar-refractivity contribution in [3.8, 4) is 11.4 Å². The van der Waals surface area contributed by atoms with Crippen molar-refractivity contribution in [1.29, 1.82) is 0 Å². The van der Waals surface area contributed by atoms with Gasteiger partial charge >= 0.3 is 12.1 Å². The Morgan fingerprint density at radius 2 is 2.00 bits per heavy atom. The van der Waals surface area contributed by atoms with Crippen LogP contribution in [0.5, 0.6) is 0 Å². The molecule has 1 heterocycles. The molecule has 0 aliphatic heterocycles. The van der Waals surface area contributed by atoms with Crippen LogP contribution in [0.3, 0.4) is 0 Å². The van der Waals surface area contributed by atoms with Gasteiger partial charge in [0.05, 0.1) is 12.8 Å². The first-order chi connectivity index (χ1) is 12.8. The first-order valence-electron chi connectivity index (χ1n) is 7.22. The van der Waals surface area contributed by atoms with Gasteiger partial charge in [0.1, 0.15) is 11.1 Å². The summed E-state index contributed by atoms with van der Waals surface area (Å²) in [5.74, 6) is -2.09. The van der Waals surface area contributed by atoms with Gasteiger partial charge in [-0.05, 0) is 18.2 Å². The highest BCUT2D eigenvalue weighted by atomic mass is 35.5. The van der Waals surface area contributed by atoms with E-state index in [0.29, 0.717) is 0 Å². The molecule has 0 atom stereocenters. The Kier molecular flexibility index (Phi) is 7.19. The van der Waals surface area contributed by atoms with Crippen LogP contribution in [-0.2, 0) is 11.0 Å². The maximum atomic E-state index is 12.5. The quantitative estimate of drug-likeness (QED) is 0.416. The van der Waals surface area contributed by atoms with Gasteiger partial charge in [0.25, 0.3) is 5.91 Å². The Hall–Kier alpha value is -2.59. The number of alkyl halides is 3. The van der Waals surface area contributed by atoms with E-state index in [9.17, 15) is 18.0 Å². The molecule has 0 unspecified atom stereocenters. The highest BCUT2D eigenvalue weighted by Crippen LogP contribution is 2.29. The minimum atomic E-state index is -4.72. The predicted molar refractivity (Wildman–Crippen MR) is 91.3 cm³/mol. The number of halogens is 5. The Bertz CT molecular complexity index is 832. The lowest BCUT2D eigenvalue weighted by Crippen LogP contribution is -2.25. The fraction of sp³-hybridized carbons (Fsp3) is 0.200. The molecule has 0 aliphatic carbocycles. The number of hydrogen-bond acceptors (Lipinski definition) is 6. The van der Waals surface area contributed by atoms with Crippen molar-refractivity contribution in [1.82, 2.24) is 15.5 Å². The minimum Gasteiger partial charge on any atom is -0.392 e. The first kappa shape index (κ1) is 20.7. The van der Waals surface area contributed by atoms with E-state index in [0.717, 1.165) is 0 Å². The first-order valence-corrected chi connectivity index (χ1v) is 7.97. The molecule has 144 valence electrons. The molecule has 0 saturated carbocycles. The van der Waals surface area contributed by atoms with E-state index >= 15 is 0 Å². The van der Waals surface area contributed by atoms with Crippen molar-refractivity contribution in [3.63, 3.8) is 0 Å². The number of carbonyl (C=O) groups is 1. The normalized spacial score (nSPS) is 11.4. The number of oxime groups is 1. The number of aromatic nitrogens is 2. The highest BCUT2D eigenvalue weighted by Gasteiger charge is 2.38. The van der Waals surface area contributed by atoms with E-state index in [1.54, 1.807) is 0 Å². The number of amides is 1. The number of rotatable bonds is 7. The summed E-state index contributed by atoms with van der Waals surface area (Å²) in [6.45, 7) is 0.180. The zero-order chi connectivity index (χ0) is 19.9. The Morgan fingerprint density at radius 1 is 1.30 bits per heavy atom. The minimum absolute atomic E-state index is 0.0531. The third-order valence-corrected chi connectivity index (χ3v) is 3.20. The van der Waals surface area contributed by atoms with Crippen LogP contribution in [0.1, 0.15) is 16.2 Å². The molecule has 0 saturated heterocycles. The summed E-state index contributed by atoms with van der Waals surface area (Å²) in [5, 5.41) is 9.38. The summed E-state index contributed by atoms with van der Waals surface area (Å²) >= 11 is 10.7. The average Bonchev–Trinajstić information content (AvgIpc) is 3.11. The second-order valence-electron chi connectivity index (χ2n) is 4.79. The Morgan fingerprint density at radius 3 is 2.59 bits per heavy atom. The highest BCUT2D eigenvalue weighted by molar-refractivity contribution is 6.55. The molecule has 12 heteroatoms. The smallest absolute Gasteiger partial charge is 0.392 e. The van der Waals surface area contributed by atoms with Crippen LogP contribution >= 0.6 is 23.2 Å². The van der Waals surface area contributed by atoms with Crippen LogP contribution in [0, 0.1) is 0 Å². The molecule has 1 aromatic heterocycles. The summed E-state index contributed by atoms with van der Waals surface area (Å²) in [6.07, 6.45) is -2.01. The molecule has 27 heavy (non-hydrogen) atoms. The summed E-state index contributed by atoms with van der Waals surface area (Å²) in [4.78, 5) is 20.0. The van der Waals surface area contributed by atoms with Gasteiger partial charge in [-0.3, -0.25) is 4.79 Å². The fourth-order valence-electron chi connectivity index (χ4n) is 1.70. The van der Waals surface area contributed by atoms with Gasteiger partial charge in [0, 0.05) is 11.1 Å². The largest absolute Gasteiger partial charge is 0.471 e. The zero-order valence-electron chi connectivity index (χ0n) is 13.3. The predicted octanol–water partition coefficient (Wildman–Crippen LogP) is 3.81. The van der Waals surface area contributed by atoms with Crippen molar-refractivity contribution >= 4 is 35.3 Å². The number of hydrogen-bond donors (Lipinski definition) is 1. The molecule has 0 radical (unpaired) electrons. The second kappa shape index (κ2) is 9.38. The lowest BCUT2D eigenvalue weighted by molar-refractivity contribution is -0.159. The van der Waals surface area contributed by atoms with Crippen LogP contribution < -0.4 is 5.32 Å². The molecule has 1 amide bonds. The van der Waals surface area contributed by atoms with Gasteiger partial charge in [0.2, 0.25) is 5.82 Å². The summed E-state index contributed by atoms with van der Waals surface area (Å²) in [5.41, 5.74) is 0.552. The molecule has 0 aliphatic rings. The number of nitrogens with one attached hydrogen (secondary N) is 1. The van der Waals surface area contributed by atoms with Crippen LogP contribution in [0.4, 0.5) is 13.2 Å². The van der Waals surface area contributed by atoms with E-state index < -0.39 is 18.0 Å². The van der Waals surface area contributed by atoms with Gasteiger partial charge in [-0.2, -0.15) is 18.2 Å². The Balaban J connectivity index is 1.87. The summed E-state index contributed by atoms with van der Waals surface area (Å²) in [7, 11) is 0. The van der Waals surface area contributed by atoms with E-state index in [1.807, 2.05) is 0 Å². The van der Waals surface area contributed by atoms with Gasteiger partial charge in [-0.15, -0.1) is 0 Å². The van der Waals surface area contributed by atoms with Gasteiger partial charge in [-0.25, -0.2) is 0 Å². The topological polar surface area (TPSA) is 89.6 Å². The molecule has 1 aromatic carbocycles. The molecule has 7 nitrogen and oxygen atoms in total. The summed E-state index contributed by atoms with van der Waals surface area (Å²) < 4.78 is 41.6. The zero-order valence-corrected chi connectivity index (χ0v) is 14.8. The number of benzene rings is 1. The van der Waals surface area contributed by atoms with E-state index in [4.69, 9.17) is 28.0 Å². The average molecular weight is 423 g/mol. The third kappa shape index (κ3) is 6.57. The van der Waals surface area contributed by atoms with E-state index in [-0.39, 0.29) is 34.6 Å². The number of carbonyl (C=O) groups excluding carboxylic acids is 1. The molecule has 0 fully saturated rings.